The molecule has 0 saturated carbocycles. The summed E-state index contributed by atoms with van der Waals surface area (Å²) in [5.74, 6) is 0.464. The van der Waals surface area contributed by atoms with Crippen molar-refractivity contribution >= 4 is 0 Å². The third-order valence-corrected chi connectivity index (χ3v) is 4.24. The van der Waals surface area contributed by atoms with E-state index in [0.717, 1.165) is 19.3 Å². The van der Waals surface area contributed by atoms with Crippen LogP contribution in [0.2, 0.25) is 0 Å². The zero-order chi connectivity index (χ0) is 15.5. The molecule has 118 valence electrons. The number of benzene rings is 1. The van der Waals surface area contributed by atoms with E-state index >= 15 is 0 Å². The van der Waals surface area contributed by atoms with Gasteiger partial charge in [-0.1, -0.05) is 30.3 Å². The third-order valence-electron chi connectivity index (χ3n) is 4.24. The molecule has 1 saturated heterocycles. The monoisotopic (exact) mass is 300 g/mol. The smallest absolute Gasteiger partial charge is 0.326 e. The zero-order valence-corrected chi connectivity index (χ0v) is 12.3. The molecule has 2 rings (SSSR count). The Balaban J connectivity index is 1.90. The summed E-state index contributed by atoms with van der Waals surface area (Å²) in [7, 11) is 0. The van der Waals surface area contributed by atoms with Gasteiger partial charge in [0.1, 0.15) is 6.04 Å². The molecule has 0 radical (unpaired) electrons. The fraction of sp³-hybridized carbons (Fsp3) is 0.625. The Morgan fingerprint density at radius 2 is 1.76 bits per heavy atom. The van der Waals surface area contributed by atoms with Gasteiger partial charge in [-0.25, -0.2) is 0 Å². The Labute approximate surface area is 124 Å². The number of rotatable bonds is 4. The Kier molecular flexibility index (Phi) is 5.27. The Morgan fingerprint density at radius 3 is 2.24 bits per heavy atom. The molecule has 0 aromatic heterocycles. The first-order chi connectivity index (χ1) is 9.88. The molecule has 2 N–H and O–H groups in total. The highest BCUT2D eigenvalue weighted by Gasteiger charge is 2.46. The third kappa shape index (κ3) is 4.45. The molecule has 2 unspecified atom stereocenters. The average molecular weight is 300 g/mol. The quantitative estimate of drug-likeness (QED) is 0.925. The van der Waals surface area contributed by atoms with Crippen molar-refractivity contribution in [3.8, 4) is 0 Å². The highest BCUT2D eigenvalue weighted by atomic mass is 19.4. The summed E-state index contributed by atoms with van der Waals surface area (Å²) in [6.45, 7) is 2.39. The van der Waals surface area contributed by atoms with E-state index in [2.05, 4.69) is 12.1 Å². The van der Waals surface area contributed by atoms with E-state index in [-0.39, 0.29) is 0 Å². The summed E-state index contributed by atoms with van der Waals surface area (Å²) in [4.78, 5) is 1.51. The van der Waals surface area contributed by atoms with E-state index in [0.29, 0.717) is 19.0 Å². The molecule has 21 heavy (non-hydrogen) atoms. The van der Waals surface area contributed by atoms with Crippen LogP contribution in [-0.4, -0.2) is 36.2 Å². The molecule has 1 aromatic rings. The highest BCUT2D eigenvalue weighted by molar-refractivity contribution is 5.15. The Morgan fingerprint density at radius 1 is 1.19 bits per heavy atom. The van der Waals surface area contributed by atoms with Crippen LogP contribution in [0.15, 0.2) is 30.3 Å². The molecule has 0 aliphatic carbocycles. The molecule has 2 atom stereocenters. The lowest BCUT2D eigenvalue weighted by molar-refractivity contribution is -0.191. The lowest BCUT2D eigenvalue weighted by Gasteiger charge is -2.40. The van der Waals surface area contributed by atoms with Crippen molar-refractivity contribution in [3.05, 3.63) is 35.9 Å². The molecular formula is C16H23F3N2. The molecule has 1 aromatic carbocycles. The first-order valence-corrected chi connectivity index (χ1v) is 7.48. The minimum absolute atomic E-state index is 0.464. The van der Waals surface area contributed by atoms with Crippen molar-refractivity contribution in [2.45, 2.75) is 44.4 Å². The van der Waals surface area contributed by atoms with E-state index in [1.165, 1.54) is 17.4 Å². The van der Waals surface area contributed by atoms with Crippen molar-refractivity contribution in [2.24, 2.45) is 11.7 Å². The van der Waals surface area contributed by atoms with Crippen LogP contribution in [0.25, 0.3) is 0 Å². The summed E-state index contributed by atoms with van der Waals surface area (Å²) in [6.07, 6.45) is -1.70. The maximum absolute atomic E-state index is 13.1. The number of piperidine rings is 1. The van der Waals surface area contributed by atoms with Gasteiger partial charge in [0.05, 0.1) is 0 Å². The summed E-state index contributed by atoms with van der Waals surface area (Å²) >= 11 is 0. The first kappa shape index (κ1) is 16.3. The topological polar surface area (TPSA) is 29.3 Å². The number of nitrogens with two attached hydrogens (primary N) is 1. The zero-order valence-electron chi connectivity index (χ0n) is 12.3. The fourth-order valence-electron chi connectivity index (χ4n) is 3.22. The van der Waals surface area contributed by atoms with Gasteiger partial charge in [0.25, 0.3) is 0 Å². The van der Waals surface area contributed by atoms with Gasteiger partial charge in [-0.15, -0.1) is 0 Å². The number of hydrogen-bond acceptors (Lipinski definition) is 2. The van der Waals surface area contributed by atoms with E-state index < -0.39 is 18.3 Å². The van der Waals surface area contributed by atoms with Crippen LogP contribution in [0.3, 0.4) is 0 Å². The van der Waals surface area contributed by atoms with Crippen LogP contribution in [0.1, 0.15) is 25.3 Å². The van der Waals surface area contributed by atoms with Gasteiger partial charge in [-0.3, -0.25) is 4.90 Å². The summed E-state index contributed by atoms with van der Waals surface area (Å²) in [5.41, 5.74) is 6.81. The normalized spacial score (nSPS) is 21.2. The number of halogens is 3. The van der Waals surface area contributed by atoms with Gasteiger partial charge in [0.2, 0.25) is 0 Å². The molecule has 1 fully saturated rings. The molecule has 2 nitrogen and oxygen atoms in total. The maximum Gasteiger partial charge on any atom is 0.405 e. The number of likely N-dealkylation sites (tertiary alicyclic amines) is 1. The first-order valence-electron chi connectivity index (χ1n) is 7.48. The molecular weight excluding hydrogens is 277 g/mol. The fourth-order valence-corrected chi connectivity index (χ4v) is 3.22. The predicted octanol–water partition coefficient (Wildman–Crippen LogP) is 3.22. The van der Waals surface area contributed by atoms with Crippen molar-refractivity contribution in [3.63, 3.8) is 0 Å². The van der Waals surface area contributed by atoms with E-state index in [9.17, 15) is 13.2 Å². The number of alkyl halides is 3. The Hall–Kier alpha value is -1.07. The van der Waals surface area contributed by atoms with Crippen LogP contribution >= 0.6 is 0 Å². The van der Waals surface area contributed by atoms with E-state index in [4.69, 9.17) is 5.73 Å². The standard InChI is InChI=1S/C16H23F3N2/c1-12(20)15(16(17,18)19)21-9-7-14(8-10-21)11-13-5-3-2-4-6-13/h2-6,12,14-15H,7-11,20H2,1H3. The molecule has 0 bridgehead atoms. The van der Waals surface area contributed by atoms with E-state index in [1.54, 1.807) is 0 Å². The van der Waals surface area contributed by atoms with Gasteiger partial charge >= 0.3 is 6.18 Å². The van der Waals surface area contributed by atoms with Gasteiger partial charge in [-0.05, 0) is 50.8 Å². The highest BCUT2D eigenvalue weighted by Crippen LogP contribution is 2.31. The lowest BCUT2D eigenvalue weighted by atomic mass is 9.89. The molecule has 0 spiro atoms. The van der Waals surface area contributed by atoms with Crippen LogP contribution in [0.4, 0.5) is 13.2 Å². The molecule has 1 heterocycles. The number of nitrogens with zero attached hydrogens (tertiary/aromatic N) is 1. The second-order valence-electron chi connectivity index (χ2n) is 6.01. The van der Waals surface area contributed by atoms with Crippen LogP contribution in [0.5, 0.6) is 0 Å². The second-order valence-corrected chi connectivity index (χ2v) is 6.01. The van der Waals surface area contributed by atoms with Gasteiger partial charge < -0.3 is 5.73 Å². The van der Waals surface area contributed by atoms with Gasteiger partial charge in [0.15, 0.2) is 0 Å². The molecule has 0 amide bonds. The van der Waals surface area contributed by atoms with Crippen molar-refractivity contribution in [1.29, 1.82) is 0 Å². The second kappa shape index (κ2) is 6.79. The Bertz CT molecular complexity index is 423. The van der Waals surface area contributed by atoms with Crippen LogP contribution < -0.4 is 5.73 Å². The minimum Gasteiger partial charge on any atom is -0.326 e. The van der Waals surface area contributed by atoms with Gasteiger partial charge in [0, 0.05) is 6.04 Å². The maximum atomic E-state index is 13.1. The van der Waals surface area contributed by atoms with Crippen molar-refractivity contribution < 1.29 is 13.2 Å². The van der Waals surface area contributed by atoms with Gasteiger partial charge in [-0.2, -0.15) is 13.2 Å². The summed E-state index contributed by atoms with van der Waals surface area (Å²) < 4.78 is 39.2. The summed E-state index contributed by atoms with van der Waals surface area (Å²) in [5, 5.41) is 0. The van der Waals surface area contributed by atoms with E-state index in [1.807, 2.05) is 18.2 Å². The van der Waals surface area contributed by atoms with Crippen molar-refractivity contribution in [1.82, 2.24) is 4.90 Å². The average Bonchev–Trinajstić information content (AvgIpc) is 2.40. The van der Waals surface area contributed by atoms with Crippen LogP contribution in [0, 0.1) is 5.92 Å². The molecule has 5 heteroatoms. The predicted molar refractivity (Wildman–Crippen MR) is 77.9 cm³/mol. The SMILES string of the molecule is CC(N)C(N1CCC(Cc2ccccc2)CC1)C(F)(F)F. The number of hydrogen-bond donors (Lipinski definition) is 1. The van der Waals surface area contributed by atoms with Crippen LogP contribution in [-0.2, 0) is 6.42 Å². The lowest BCUT2D eigenvalue weighted by Crippen LogP contribution is -2.57. The minimum atomic E-state index is -4.25. The molecule has 1 aliphatic rings. The largest absolute Gasteiger partial charge is 0.405 e. The van der Waals surface area contributed by atoms with Crippen molar-refractivity contribution in [2.75, 3.05) is 13.1 Å². The summed E-state index contributed by atoms with van der Waals surface area (Å²) in [6, 6.07) is 7.72. The molecule has 1 aliphatic heterocycles.